The van der Waals surface area contributed by atoms with E-state index in [1.807, 2.05) is 18.2 Å². The molecular formula is C11H13NO3. The largest absolute Gasteiger partial charge is 0.454 e. The Morgan fingerprint density at radius 1 is 1.33 bits per heavy atom. The van der Waals surface area contributed by atoms with Gasteiger partial charge in [0.2, 0.25) is 6.79 Å². The Labute approximate surface area is 88.1 Å². The molecule has 0 aliphatic carbocycles. The second kappa shape index (κ2) is 3.40. The molecule has 1 aromatic carbocycles. The SMILES string of the molecule is CC1OC1NCc1ccc2c(c1)OCO2. The molecule has 2 unspecified atom stereocenters. The van der Waals surface area contributed by atoms with Crippen LogP contribution in [0.1, 0.15) is 12.5 Å². The van der Waals surface area contributed by atoms with E-state index in [-0.39, 0.29) is 6.23 Å². The van der Waals surface area contributed by atoms with E-state index in [9.17, 15) is 0 Å². The van der Waals surface area contributed by atoms with Crippen molar-refractivity contribution in [2.24, 2.45) is 0 Å². The van der Waals surface area contributed by atoms with Gasteiger partial charge in [-0.1, -0.05) is 6.07 Å². The molecule has 0 saturated carbocycles. The lowest BCUT2D eigenvalue weighted by Gasteiger charge is -2.03. The second-order valence-electron chi connectivity index (χ2n) is 3.83. The lowest BCUT2D eigenvalue weighted by molar-refractivity contribution is 0.174. The third-order valence-corrected chi connectivity index (χ3v) is 2.66. The molecule has 1 N–H and O–H groups in total. The van der Waals surface area contributed by atoms with Gasteiger partial charge < -0.3 is 14.2 Å². The first-order chi connectivity index (χ1) is 7.33. The first kappa shape index (κ1) is 9.00. The summed E-state index contributed by atoms with van der Waals surface area (Å²) in [5.41, 5.74) is 1.18. The zero-order valence-corrected chi connectivity index (χ0v) is 8.53. The normalized spacial score (nSPS) is 26.7. The van der Waals surface area contributed by atoms with Crippen LogP contribution < -0.4 is 14.8 Å². The van der Waals surface area contributed by atoms with E-state index in [1.54, 1.807) is 0 Å². The Kier molecular flexibility index (Phi) is 2.04. The molecule has 0 bridgehead atoms. The van der Waals surface area contributed by atoms with E-state index in [2.05, 4.69) is 12.2 Å². The number of ether oxygens (including phenoxy) is 3. The van der Waals surface area contributed by atoms with Crippen LogP contribution in [0.4, 0.5) is 0 Å². The highest BCUT2D eigenvalue weighted by Gasteiger charge is 2.33. The highest BCUT2D eigenvalue weighted by Crippen LogP contribution is 2.32. The molecule has 2 aliphatic heterocycles. The fourth-order valence-corrected chi connectivity index (χ4v) is 1.67. The third-order valence-electron chi connectivity index (χ3n) is 2.66. The number of epoxide rings is 1. The average molecular weight is 207 g/mol. The highest BCUT2D eigenvalue weighted by atomic mass is 16.7. The number of rotatable bonds is 3. The maximum atomic E-state index is 5.30. The zero-order valence-electron chi connectivity index (χ0n) is 8.53. The van der Waals surface area contributed by atoms with Crippen LogP contribution in [0.5, 0.6) is 11.5 Å². The maximum Gasteiger partial charge on any atom is 0.231 e. The average Bonchev–Trinajstić information content (AvgIpc) is 2.78. The molecule has 4 heteroatoms. The van der Waals surface area contributed by atoms with E-state index < -0.39 is 0 Å². The Morgan fingerprint density at radius 2 is 2.13 bits per heavy atom. The van der Waals surface area contributed by atoms with E-state index in [1.165, 1.54) is 5.56 Å². The van der Waals surface area contributed by atoms with Crippen molar-refractivity contribution in [3.63, 3.8) is 0 Å². The quantitative estimate of drug-likeness (QED) is 0.757. The predicted molar refractivity (Wildman–Crippen MR) is 53.7 cm³/mol. The fraction of sp³-hybridized carbons (Fsp3) is 0.455. The lowest BCUT2D eigenvalue weighted by atomic mass is 10.2. The molecule has 2 atom stereocenters. The second-order valence-corrected chi connectivity index (χ2v) is 3.83. The topological polar surface area (TPSA) is 43.0 Å². The van der Waals surface area contributed by atoms with Crippen molar-refractivity contribution >= 4 is 0 Å². The van der Waals surface area contributed by atoms with Gasteiger partial charge in [0, 0.05) is 6.54 Å². The van der Waals surface area contributed by atoms with Crippen molar-refractivity contribution in [2.45, 2.75) is 25.8 Å². The Morgan fingerprint density at radius 3 is 2.93 bits per heavy atom. The van der Waals surface area contributed by atoms with Crippen LogP contribution in [-0.2, 0) is 11.3 Å². The highest BCUT2D eigenvalue weighted by molar-refractivity contribution is 5.44. The van der Waals surface area contributed by atoms with Gasteiger partial charge in [-0.3, -0.25) is 5.32 Å². The van der Waals surface area contributed by atoms with Crippen molar-refractivity contribution in [1.82, 2.24) is 5.32 Å². The van der Waals surface area contributed by atoms with Crippen molar-refractivity contribution in [3.05, 3.63) is 23.8 Å². The number of fused-ring (bicyclic) bond motifs is 1. The molecule has 1 saturated heterocycles. The monoisotopic (exact) mass is 207 g/mol. The summed E-state index contributed by atoms with van der Waals surface area (Å²) in [6, 6.07) is 5.98. The third kappa shape index (κ3) is 1.78. The number of hydrogen-bond acceptors (Lipinski definition) is 4. The molecule has 0 radical (unpaired) electrons. The van der Waals surface area contributed by atoms with Gasteiger partial charge in [0.05, 0.1) is 6.10 Å². The summed E-state index contributed by atoms with van der Waals surface area (Å²) in [4.78, 5) is 0. The standard InChI is InChI=1S/C11H13NO3/c1-7-11(15-7)12-5-8-2-3-9-10(4-8)14-6-13-9/h2-4,7,11-12H,5-6H2,1H3. The van der Waals surface area contributed by atoms with E-state index >= 15 is 0 Å². The van der Waals surface area contributed by atoms with Gasteiger partial charge in [-0.05, 0) is 24.6 Å². The van der Waals surface area contributed by atoms with E-state index in [4.69, 9.17) is 14.2 Å². The molecule has 2 aliphatic rings. The molecule has 0 aromatic heterocycles. The van der Waals surface area contributed by atoms with Crippen molar-refractivity contribution in [1.29, 1.82) is 0 Å². The van der Waals surface area contributed by atoms with Gasteiger partial charge in [0.25, 0.3) is 0 Å². The Bertz CT molecular complexity index is 380. The Hall–Kier alpha value is -1.26. The number of nitrogens with one attached hydrogen (secondary N) is 1. The number of hydrogen-bond donors (Lipinski definition) is 1. The van der Waals surface area contributed by atoms with Gasteiger partial charge in [0.15, 0.2) is 11.5 Å². The predicted octanol–water partition coefficient (Wildman–Crippen LogP) is 1.25. The molecule has 1 fully saturated rings. The van der Waals surface area contributed by atoms with Crippen LogP contribution >= 0.6 is 0 Å². The summed E-state index contributed by atoms with van der Waals surface area (Å²) in [6.45, 7) is 3.18. The molecule has 3 rings (SSSR count). The first-order valence-corrected chi connectivity index (χ1v) is 5.10. The van der Waals surface area contributed by atoms with E-state index in [0.717, 1.165) is 18.0 Å². The summed E-state index contributed by atoms with van der Waals surface area (Å²) in [5.74, 6) is 1.66. The molecule has 80 valence electrons. The van der Waals surface area contributed by atoms with Crippen molar-refractivity contribution < 1.29 is 14.2 Å². The summed E-state index contributed by atoms with van der Waals surface area (Å²) in [5, 5.41) is 3.30. The van der Waals surface area contributed by atoms with Crippen LogP contribution in [0.2, 0.25) is 0 Å². The Balaban J connectivity index is 1.65. The van der Waals surface area contributed by atoms with Crippen LogP contribution in [0, 0.1) is 0 Å². The van der Waals surface area contributed by atoms with Gasteiger partial charge in [-0.25, -0.2) is 0 Å². The molecule has 2 heterocycles. The molecular weight excluding hydrogens is 194 g/mol. The lowest BCUT2D eigenvalue weighted by Crippen LogP contribution is -2.18. The van der Waals surface area contributed by atoms with Crippen molar-refractivity contribution in [3.8, 4) is 11.5 Å². The van der Waals surface area contributed by atoms with Crippen LogP contribution in [-0.4, -0.2) is 19.1 Å². The molecule has 4 nitrogen and oxygen atoms in total. The molecule has 0 spiro atoms. The summed E-state index contributed by atoms with van der Waals surface area (Å²) in [6.07, 6.45) is 0.564. The summed E-state index contributed by atoms with van der Waals surface area (Å²) >= 11 is 0. The summed E-state index contributed by atoms with van der Waals surface area (Å²) in [7, 11) is 0. The maximum absolute atomic E-state index is 5.30. The minimum Gasteiger partial charge on any atom is -0.454 e. The first-order valence-electron chi connectivity index (χ1n) is 5.10. The summed E-state index contributed by atoms with van der Waals surface area (Å²) < 4.78 is 15.8. The molecule has 1 aromatic rings. The van der Waals surface area contributed by atoms with Gasteiger partial charge >= 0.3 is 0 Å². The van der Waals surface area contributed by atoms with Crippen molar-refractivity contribution in [2.75, 3.05) is 6.79 Å². The van der Waals surface area contributed by atoms with Crippen LogP contribution in [0.15, 0.2) is 18.2 Å². The van der Waals surface area contributed by atoms with E-state index in [0.29, 0.717) is 12.9 Å². The smallest absolute Gasteiger partial charge is 0.231 e. The minimum absolute atomic E-state index is 0.218. The van der Waals surface area contributed by atoms with Crippen LogP contribution in [0.3, 0.4) is 0 Å². The molecule has 15 heavy (non-hydrogen) atoms. The van der Waals surface area contributed by atoms with Gasteiger partial charge in [-0.15, -0.1) is 0 Å². The van der Waals surface area contributed by atoms with Gasteiger partial charge in [-0.2, -0.15) is 0 Å². The zero-order chi connectivity index (χ0) is 10.3. The van der Waals surface area contributed by atoms with Crippen LogP contribution in [0.25, 0.3) is 0 Å². The minimum atomic E-state index is 0.218. The molecule has 0 amide bonds. The fourth-order valence-electron chi connectivity index (χ4n) is 1.67. The van der Waals surface area contributed by atoms with Gasteiger partial charge in [0.1, 0.15) is 6.23 Å². The number of benzene rings is 1.